The van der Waals surface area contributed by atoms with Crippen LogP contribution in [0.2, 0.25) is 0 Å². The molecule has 19 heavy (non-hydrogen) atoms. The summed E-state index contributed by atoms with van der Waals surface area (Å²) >= 11 is 0. The highest BCUT2D eigenvalue weighted by Crippen LogP contribution is 2.26. The lowest BCUT2D eigenvalue weighted by molar-refractivity contribution is -0.141. The molecular formula is C13H26N2O4. The minimum Gasteiger partial charge on any atom is -0.480 e. The predicted molar refractivity (Wildman–Crippen MR) is 72.9 cm³/mol. The van der Waals surface area contributed by atoms with Crippen molar-refractivity contribution in [2.45, 2.75) is 65.6 Å². The van der Waals surface area contributed by atoms with Gasteiger partial charge in [-0.3, -0.25) is 0 Å². The van der Waals surface area contributed by atoms with Crippen molar-refractivity contribution in [3.05, 3.63) is 0 Å². The number of aliphatic hydroxyl groups is 1. The minimum atomic E-state index is -1.31. The van der Waals surface area contributed by atoms with Gasteiger partial charge in [-0.25, -0.2) is 9.59 Å². The number of hydrogen-bond donors (Lipinski definition) is 4. The Kier molecular flexibility index (Phi) is 5.81. The van der Waals surface area contributed by atoms with Crippen LogP contribution in [-0.2, 0) is 4.79 Å². The van der Waals surface area contributed by atoms with Crippen molar-refractivity contribution in [1.29, 1.82) is 0 Å². The number of aliphatic hydroxyl groups excluding tert-OH is 1. The van der Waals surface area contributed by atoms with E-state index in [4.69, 9.17) is 5.11 Å². The van der Waals surface area contributed by atoms with Gasteiger partial charge in [0.25, 0.3) is 0 Å². The summed E-state index contributed by atoms with van der Waals surface area (Å²) in [6, 6.07) is -1.91. The standard InChI is InChI=1S/C13H26N2O4/c1-8(16)9(10(17)18)14-11(19)15-13(5,6)7-12(2,3)4/h8-9,16H,7H2,1-6H3,(H,17,18)(H2,14,15,19). The summed E-state index contributed by atoms with van der Waals surface area (Å²) in [4.78, 5) is 22.6. The molecule has 0 aromatic rings. The molecule has 6 heteroatoms. The number of hydrogen-bond acceptors (Lipinski definition) is 3. The largest absolute Gasteiger partial charge is 0.480 e. The topological polar surface area (TPSA) is 98.7 Å². The summed E-state index contributed by atoms with van der Waals surface area (Å²) in [5, 5.41) is 23.2. The molecule has 0 aromatic carbocycles. The van der Waals surface area contributed by atoms with Crippen LogP contribution < -0.4 is 10.6 Å². The van der Waals surface area contributed by atoms with Crippen molar-refractivity contribution in [3.63, 3.8) is 0 Å². The average Bonchev–Trinajstić information content (AvgIpc) is 2.07. The molecule has 0 heterocycles. The number of nitrogens with one attached hydrogen (secondary N) is 2. The third-order valence-corrected chi connectivity index (χ3v) is 2.46. The lowest BCUT2D eigenvalue weighted by Crippen LogP contribution is -2.56. The Hall–Kier alpha value is -1.30. The van der Waals surface area contributed by atoms with Gasteiger partial charge in [-0.1, -0.05) is 20.8 Å². The summed E-state index contributed by atoms with van der Waals surface area (Å²) in [6.45, 7) is 11.2. The van der Waals surface area contributed by atoms with Crippen LogP contribution in [0.3, 0.4) is 0 Å². The van der Waals surface area contributed by atoms with E-state index < -0.39 is 29.7 Å². The fourth-order valence-corrected chi connectivity index (χ4v) is 2.24. The maximum atomic E-state index is 11.8. The Morgan fingerprint density at radius 3 is 1.95 bits per heavy atom. The Balaban J connectivity index is 4.57. The second kappa shape index (κ2) is 6.23. The van der Waals surface area contributed by atoms with Crippen LogP contribution >= 0.6 is 0 Å². The normalized spacial score (nSPS) is 15.5. The molecule has 0 saturated heterocycles. The molecule has 0 rings (SSSR count). The van der Waals surface area contributed by atoms with Gasteiger partial charge in [0.1, 0.15) is 0 Å². The summed E-state index contributed by atoms with van der Waals surface area (Å²) in [5.41, 5.74) is -0.433. The number of rotatable bonds is 5. The quantitative estimate of drug-likeness (QED) is 0.608. The van der Waals surface area contributed by atoms with Gasteiger partial charge in [-0.2, -0.15) is 0 Å². The van der Waals surface area contributed by atoms with Crippen molar-refractivity contribution < 1.29 is 19.8 Å². The van der Waals surface area contributed by atoms with E-state index in [1.165, 1.54) is 6.92 Å². The minimum absolute atomic E-state index is 0.0350. The molecule has 2 amide bonds. The van der Waals surface area contributed by atoms with Crippen LogP contribution in [0.4, 0.5) is 4.79 Å². The van der Waals surface area contributed by atoms with Gasteiger partial charge in [0.05, 0.1) is 6.10 Å². The summed E-state index contributed by atoms with van der Waals surface area (Å²) in [5.74, 6) is -1.27. The Bertz CT molecular complexity index is 332. The highest BCUT2D eigenvalue weighted by molar-refractivity contribution is 5.83. The lowest BCUT2D eigenvalue weighted by atomic mass is 9.82. The molecule has 0 aliphatic carbocycles. The van der Waals surface area contributed by atoms with E-state index in [1.54, 1.807) is 0 Å². The fourth-order valence-electron chi connectivity index (χ4n) is 2.24. The Labute approximate surface area is 114 Å². The van der Waals surface area contributed by atoms with E-state index >= 15 is 0 Å². The SMILES string of the molecule is CC(O)C(NC(=O)NC(C)(C)CC(C)(C)C)C(=O)O. The molecule has 2 unspecified atom stereocenters. The number of carbonyl (C=O) groups excluding carboxylic acids is 1. The molecule has 0 aliphatic rings. The summed E-state index contributed by atoms with van der Waals surface area (Å²) in [6.07, 6.45) is -0.422. The first-order valence-corrected chi connectivity index (χ1v) is 6.34. The van der Waals surface area contributed by atoms with E-state index in [1.807, 2.05) is 13.8 Å². The number of aliphatic carboxylic acids is 1. The molecule has 0 bridgehead atoms. The molecule has 0 aromatic heterocycles. The van der Waals surface area contributed by atoms with Crippen LogP contribution in [0.25, 0.3) is 0 Å². The van der Waals surface area contributed by atoms with Crippen LogP contribution in [-0.4, -0.2) is 39.9 Å². The molecule has 2 atom stereocenters. The highest BCUT2D eigenvalue weighted by atomic mass is 16.4. The number of urea groups is 1. The molecule has 0 saturated carbocycles. The first kappa shape index (κ1) is 17.7. The second-order valence-electron chi connectivity index (χ2n) is 6.78. The van der Waals surface area contributed by atoms with E-state index in [9.17, 15) is 14.7 Å². The molecule has 0 spiro atoms. The van der Waals surface area contributed by atoms with Crippen LogP contribution in [0, 0.1) is 5.41 Å². The van der Waals surface area contributed by atoms with Gasteiger partial charge < -0.3 is 20.8 Å². The van der Waals surface area contributed by atoms with E-state index in [2.05, 4.69) is 31.4 Å². The smallest absolute Gasteiger partial charge is 0.328 e. The molecule has 0 aliphatic heterocycles. The Morgan fingerprint density at radius 2 is 1.63 bits per heavy atom. The third kappa shape index (κ3) is 7.66. The lowest BCUT2D eigenvalue weighted by Gasteiger charge is -2.33. The van der Waals surface area contributed by atoms with Crippen LogP contribution in [0.5, 0.6) is 0 Å². The zero-order chi connectivity index (χ0) is 15.4. The second-order valence-corrected chi connectivity index (χ2v) is 6.78. The first-order chi connectivity index (χ1) is 8.34. The molecule has 112 valence electrons. The number of carbonyl (C=O) groups is 2. The van der Waals surface area contributed by atoms with Crippen molar-refractivity contribution in [2.75, 3.05) is 0 Å². The average molecular weight is 274 g/mol. The molecular weight excluding hydrogens is 248 g/mol. The van der Waals surface area contributed by atoms with Crippen molar-refractivity contribution in [2.24, 2.45) is 5.41 Å². The van der Waals surface area contributed by atoms with Gasteiger partial charge in [-0.15, -0.1) is 0 Å². The maximum Gasteiger partial charge on any atom is 0.328 e. The van der Waals surface area contributed by atoms with Gasteiger partial charge in [0, 0.05) is 5.54 Å². The molecule has 6 nitrogen and oxygen atoms in total. The van der Waals surface area contributed by atoms with E-state index in [-0.39, 0.29) is 5.41 Å². The van der Waals surface area contributed by atoms with Crippen LogP contribution in [0.1, 0.15) is 48.0 Å². The van der Waals surface area contributed by atoms with Crippen LogP contribution in [0.15, 0.2) is 0 Å². The summed E-state index contributed by atoms with van der Waals surface area (Å²) in [7, 11) is 0. The Morgan fingerprint density at radius 1 is 1.16 bits per heavy atom. The summed E-state index contributed by atoms with van der Waals surface area (Å²) < 4.78 is 0. The fraction of sp³-hybridized carbons (Fsp3) is 0.846. The van der Waals surface area contributed by atoms with Crippen molar-refractivity contribution in [1.82, 2.24) is 10.6 Å². The van der Waals surface area contributed by atoms with Gasteiger partial charge in [0.15, 0.2) is 6.04 Å². The monoisotopic (exact) mass is 274 g/mol. The molecule has 0 radical (unpaired) electrons. The van der Waals surface area contributed by atoms with Gasteiger partial charge in [0.2, 0.25) is 0 Å². The number of carboxylic acids is 1. The molecule has 0 fully saturated rings. The van der Waals surface area contributed by atoms with E-state index in [0.717, 1.165) is 6.42 Å². The van der Waals surface area contributed by atoms with Gasteiger partial charge >= 0.3 is 12.0 Å². The zero-order valence-corrected chi connectivity index (χ0v) is 12.6. The van der Waals surface area contributed by atoms with Gasteiger partial charge in [-0.05, 0) is 32.6 Å². The highest BCUT2D eigenvalue weighted by Gasteiger charge is 2.30. The van der Waals surface area contributed by atoms with Crippen molar-refractivity contribution in [3.8, 4) is 0 Å². The first-order valence-electron chi connectivity index (χ1n) is 6.34. The third-order valence-electron chi connectivity index (χ3n) is 2.46. The predicted octanol–water partition coefficient (Wildman–Crippen LogP) is 1.33. The van der Waals surface area contributed by atoms with Crippen molar-refractivity contribution >= 4 is 12.0 Å². The maximum absolute atomic E-state index is 11.8. The number of amides is 2. The number of carboxylic acid groups (broad SMARTS) is 1. The molecule has 4 N–H and O–H groups in total. The zero-order valence-electron chi connectivity index (χ0n) is 12.6. The van der Waals surface area contributed by atoms with E-state index in [0.29, 0.717) is 0 Å².